The van der Waals surface area contributed by atoms with Crippen molar-refractivity contribution in [2.75, 3.05) is 7.11 Å². The number of carbonyl (C=O) groups excluding carboxylic acids is 2. The third-order valence-corrected chi connectivity index (χ3v) is 3.83. The van der Waals surface area contributed by atoms with Gasteiger partial charge in [-0.3, -0.25) is 4.79 Å². The van der Waals surface area contributed by atoms with Crippen LogP contribution in [0, 0.1) is 0 Å². The summed E-state index contributed by atoms with van der Waals surface area (Å²) in [7, 11) is 1.54. The van der Waals surface area contributed by atoms with Gasteiger partial charge in [-0.2, -0.15) is 0 Å². The van der Waals surface area contributed by atoms with Crippen LogP contribution in [0.4, 0.5) is 0 Å². The Labute approximate surface area is 140 Å². The fourth-order valence-electron chi connectivity index (χ4n) is 2.81. The average Bonchev–Trinajstić information content (AvgIpc) is 2.87. The number of hydrogen-bond donors (Lipinski definition) is 0. The second-order valence-electron chi connectivity index (χ2n) is 5.81. The predicted molar refractivity (Wildman–Crippen MR) is 91.0 cm³/mol. The Morgan fingerprint density at radius 2 is 1.71 bits per heavy atom. The molecule has 0 radical (unpaired) electrons. The first-order valence-electron chi connectivity index (χ1n) is 7.76. The molecule has 3 rings (SSSR count). The number of hydrogen-bond acceptors (Lipinski definition) is 4. The summed E-state index contributed by atoms with van der Waals surface area (Å²) < 4.78 is 10.5. The van der Waals surface area contributed by atoms with Gasteiger partial charge in [0.15, 0.2) is 0 Å². The Balaban J connectivity index is 2.21. The van der Waals surface area contributed by atoms with Crippen LogP contribution in [-0.2, 0) is 9.53 Å². The van der Waals surface area contributed by atoms with Crippen molar-refractivity contribution in [2.24, 2.45) is 0 Å². The van der Waals surface area contributed by atoms with Gasteiger partial charge in [0.05, 0.1) is 13.2 Å². The quantitative estimate of drug-likeness (QED) is 0.637. The standard InChI is InChI=1S/C20H18O4/c1-12(2)24-20(22)18-17(13-7-5-4-6-8-13)15-10-9-14(23-3)11-16(15)19(18)21/h4-12H,1-3H3. The molecule has 0 heterocycles. The van der Waals surface area contributed by atoms with Crippen molar-refractivity contribution >= 4 is 17.3 Å². The van der Waals surface area contributed by atoms with Crippen LogP contribution in [0.3, 0.4) is 0 Å². The second-order valence-corrected chi connectivity index (χ2v) is 5.81. The van der Waals surface area contributed by atoms with E-state index in [1.54, 1.807) is 33.1 Å². The normalized spacial score (nSPS) is 13.2. The summed E-state index contributed by atoms with van der Waals surface area (Å²) in [5.41, 5.74) is 2.69. The summed E-state index contributed by atoms with van der Waals surface area (Å²) in [6.07, 6.45) is -0.298. The highest BCUT2D eigenvalue weighted by molar-refractivity contribution is 6.35. The van der Waals surface area contributed by atoms with Gasteiger partial charge in [0.1, 0.15) is 11.3 Å². The number of ketones is 1. The van der Waals surface area contributed by atoms with Gasteiger partial charge in [-0.25, -0.2) is 4.79 Å². The van der Waals surface area contributed by atoms with E-state index >= 15 is 0 Å². The number of methoxy groups -OCH3 is 1. The van der Waals surface area contributed by atoms with Crippen LogP contribution < -0.4 is 4.74 Å². The van der Waals surface area contributed by atoms with Crippen LogP contribution in [0.2, 0.25) is 0 Å². The number of esters is 1. The zero-order chi connectivity index (χ0) is 17.3. The molecule has 0 N–H and O–H groups in total. The molecule has 0 atom stereocenters. The van der Waals surface area contributed by atoms with Gasteiger partial charge < -0.3 is 9.47 Å². The number of rotatable bonds is 4. The van der Waals surface area contributed by atoms with Crippen molar-refractivity contribution in [3.63, 3.8) is 0 Å². The first kappa shape index (κ1) is 16.0. The summed E-state index contributed by atoms with van der Waals surface area (Å²) in [5.74, 6) is -0.342. The number of carbonyl (C=O) groups is 2. The number of ether oxygens (including phenoxy) is 2. The minimum Gasteiger partial charge on any atom is -0.497 e. The zero-order valence-electron chi connectivity index (χ0n) is 13.8. The lowest BCUT2D eigenvalue weighted by Crippen LogP contribution is -2.18. The maximum atomic E-state index is 12.9. The molecular weight excluding hydrogens is 304 g/mol. The lowest BCUT2D eigenvalue weighted by atomic mass is 9.97. The summed E-state index contributed by atoms with van der Waals surface area (Å²) in [6, 6.07) is 14.7. The highest BCUT2D eigenvalue weighted by Crippen LogP contribution is 2.39. The lowest BCUT2D eigenvalue weighted by Gasteiger charge is -2.10. The van der Waals surface area contributed by atoms with Crippen LogP contribution in [0.5, 0.6) is 5.75 Å². The Hall–Kier alpha value is -2.88. The molecule has 0 spiro atoms. The Morgan fingerprint density at radius 3 is 2.33 bits per heavy atom. The van der Waals surface area contributed by atoms with Crippen molar-refractivity contribution in [1.29, 1.82) is 0 Å². The third-order valence-electron chi connectivity index (χ3n) is 3.83. The minimum absolute atomic E-state index is 0.0816. The molecule has 1 aliphatic rings. The third kappa shape index (κ3) is 2.71. The van der Waals surface area contributed by atoms with Gasteiger partial charge in [0.25, 0.3) is 0 Å². The van der Waals surface area contributed by atoms with Gasteiger partial charge >= 0.3 is 5.97 Å². The maximum absolute atomic E-state index is 12.9. The van der Waals surface area contributed by atoms with Crippen molar-refractivity contribution in [3.8, 4) is 5.75 Å². The van der Waals surface area contributed by atoms with E-state index in [0.717, 1.165) is 11.1 Å². The summed E-state index contributed by atoms with van der Waals surface area (Å²) in [4.78, 5) is 25.4. The van der Waals surface area contributed by atoms with E-state index in [4.69, 9.17) is 9.47 Å². The summed E-state index contributed by atoms with van der Waals surface area (Å²) in [6.45, 7) is 3.52. The molecular formula is C20H18O4. The maximum Gasteiger partial charge on any atom is 0.343 e. The van der Waals surface area contributed by atoms with Crippen molar-refractivity contribution in [1.82, 2.24) is 0 Å². The van der Waals surface area contributed by atoms with Gasteiger partial charge in [0, 0.05) is 11.1 Å². The van der Waals surface area contributed by atoms with E-state index in [1.165, 1.54) is 0 Å². The highest BCUT2D eigenvalue weighted by atomic mass is 16.5. The van der Waals surface area contributed by atoms with Crippen molar-refractivity contribution in [2.45, 2.75) is 20.0 Å². The molecule has 0 bridgehead atoms. The highest BCUT2D eigenvalue weighted by Gasteiger charge is 2.36. The molecule has 4 nitrogen and oxygen atoms in total. The molecule has 0 fully saturated rings. The second kappa shape index (κ2) is 6.32. The smallest absolute Gasteiger partial charge is 0.343 e. The van der Waals surface area contributed by atoms with E-state index in [0.29, 0.717) is 16.9 Å². The van der Waals surface area contributed by atoms with Gasteiger partial charge in [-0.1, -0.05) is 30.3 Å². The number of benzene rings is 2. The van der Waals surface area contributed by atoms with Crippen LogP contribution in [0.25, 0.3) is 5.57 Å². The van der Waals surface area contributed by atoms with E-state index in [-0.39, 0.29) is 17.5 Å². The summed E-state index contributed by atoms with van der Waals surface area (Å²) >= 11 is 0. The molecule has 1 aliphatic carbocycles. The molecule has 0 saturated heterocycles. The molecule has 2 aromatic rings. The van der Waals surface area contributed by atoms with Crippen LogP contribution in [0.1, 0.15) is 35.3 Å². The number of Topliss-reactive ketones (excluding diaryl/α,β-unsaturated/α-hetero) is 1. The first-order chi connectivity index (χ1) is 11.5. The zero-order valence-corrected chi connectivity index (χ0v) is 13.8. The lowest BCUT2D eigenvalue weighted by molar-refractivity contribution is -0.142. The van der Waals surface area contributed by atoms with E-state index in [9.17, 15) is 9.59 Å². The molecule has 0 aliphatic heterocycles. The predicted octanol–water partition coefficient (Wildman–Crippen LogP) is 3.65. The SMILES string of the molecule is COc1ccc2c(c1)C(=O)C(C(=O)OC(C)C)=C2c1ccccc1. The van der Waals surface area contributed by atoms with Gasteiger partial charge in [-0.05, 0) is 43.2 Å². The van der Waals surface area contributed by atoms with Crippen molar-refractivity contribution in [3.05, 3.63) is 70.8 Å². The molecule has 2 aromatic carbocycles. The molecule has 24 heavy (non-hydrogen) atoms. The molecule has 0 unspecified atom stereocenters. The van der Waals surface area contributed by atoms with E-state index in [1.807, 2.05) is 36.4 Å². The Kier molecular flexibility index (Phi) is 4.21. The molecule has 0 aromatic heterocycles. The van der Waals surface area contributed by atoms with Crippen LogP contribution in [0.15, 0.2) is 54.1 Å². The fourth-order valence-corrected chi connectivity index (χ4v) is 2.81. The monoisotopic (exact) mass is 322 g/mol. The number of fused-ring (bicyclic) bond motifs is 1. The van der Waals surface area contributed by atoms with Gasteiger partial charge in [-0.15, -0.1) is 0 Å². The van der Waals surface area contributed by atoms with Crippen molar-refractivity contribution < 1.29 is 19.1 Å². The Bertz CT molecular complexity index is 832. The van der Waals surface area contributed by atoms with E-state index < -0.39 is 5.97 Å². The topological polar surface area (TPSA) is 52.6 Å². The largest absolute Gasteiger partial charge is 0.497 e. The fraction of sp³-hybridized carbons (Fsp3) is 0.200. The molecule has 0 amide bonds. The van der Waals surface area contributed by atoms with Gasteiger partial charge in [0.2, 0.25) is 5.78 Å². The minimum atomic E-state index is -0.594. The van der Waals surface area contributed by atoms with Crippen LogP contribution >= 0.6 is 0 Å². The van der Waals surface area contributed by atoms with Crippen LogP contribution in [-0.4, -0.2) is 25.0 Å². The first-order valence-corrected chi connectivity index (χ1v) is 7.76. The summed E-state index contributed by atoms with van der Waals surface area (Å²) in [5, 5.41) is 0. The Morgan fingerprint density at radius 1 is 1.00 bits per heavy atom. The molecule has 122 valence electrons. The van der Waals surface area contributed by atoms with E-state index in [2.05, 4.69) is 0 Å². The molecule has 0 saturated carbocycles. The average molecular weight is 322 g/mol. The molecule has 4 heteroatoms.